The first-order valence-corrected chi connectivity index (χ1v) is 6.06. The monoisotopic (exact) mass is 341 g/mol. The predicted octanol–water partition coefficient (Wildman–Crippen LogP) is 3.57. The molecule has 0 aromatic carbocycles. The van der Waals surface area contributed by atoms with E-state index in [4.69, 9.17) is 21.4 Å². The van der Waals surface area contributed by atoms with Crippen LogP contribution < -0.4 is 4.90 Å². The van der Waals surface area contributed by atoms with Gasteiger partial charge in [-0.3, -0.25) is 0 Å². The summed E-state index contributed by atoms with van der Waals surface area (Å²) in [7, 11) is 0. The van der Waals surface area contributed by atoms with Gasteiger partial charge in [-0.25, -0.2) is 19.6 Å². The molecule has 0 atom stereocenters. The molecule has 0 saturated heterocycles. The molecule has 0 aliphatic rings. The van der Waals surface area contributed by atoms with E-state index in [9.17, 15) is 22.8 Å². The lowest BCUT2D eigenvalue weighted by Gasteiger charge is -2.24. The number of amides is 2. The number of alkyl halides is 3. The van der Waals surface area contributed by atoms with E-state index in [1.807, 2.05) is 0 Å². The Bertz CT molecular complexity index is 601. The second-order valence-electron chi connectivity index (χ2n) is 4.96. The van der Waals surface area contributed by atoms with Crippen LogP contribution in [0.1, 0.15) is 26.5 Å². The molecule has 1 heterocycles. The molecular weight excluding hydrogens is 331 g/mol. The van der Waals surface area contributed by atoms with E-state index in [2.05, 4.69) is 9.97 Å². The highest BCUT2D eigenvalue weighted by atomic mass is 35.5. The fourth-order valence-electron chi connectivity index (χ4n) is 1.28. The van der Waals surface area contributed by atoms with Crippen molar-refractivity contribution in [3.05, 3.63) is 17.0 Å². The summed E-state index contributed by atoms with van der Waals surface area (Å²) in [5.74, 6) is -1.28. The molecule has 0 unspecified atom stereocenters. The standard InChI is InChI=1S/C11H11ClF3N3O4/c1-10(2,3)22-9(21)18(8(19)20)7-6(11(13,14)15)16-4-5(12)17-7/h4H,1-3H3,(H,19,20). The predicted molar refractivity (Wildman–Crippen MR) is 68.8 cm³/mol. The van der Waals surface area contributed by atoms with Crippen molar-refractivity contribution in [1.82, 2.24) is 9.97 Å². The molecule has 122 valence electrons. The highest BCUT2D eigenvalue weighted by Gasteiger charge is 2.42. The van der Waals surface area contributed by atoms with Crippen LogP contribution in [0.2, 0.25) is 5.15 Å². The van der Waals surface area contributed by atoms with Crippen molar-refractivity contribution in [1.29, 1.82) is 0 Å². The number of hydrogen-bond acceptors (Lipinski definition) is 5. The van der Waals surface area contributed by atoms with Gasteiger partial charge in [0.15, 0.2) is 11.5 Å². The van der Waals surface area contributed by atoms with Crippen molar-refractivity contribution in [3.8, 4) is 0 Å². The van der Waals surface area contributed by atoms with Crippen LogP contribution >= 0.6 is 11.6 Å². The lowest BCUT2D eigenvalue weighted by molar-refractivity contribution is -0.140. The first-order chi connectivity index (χ1) is 9.83. The number of nitrogens with zero attached hydrogens (tertiary/aromatic N) is 3. The van der Waals surface area contributed by atoms with Gasteiger partial charge in [0.25, 0.3) is 0 Å². The van der Waals surface area contributed by atoms with Gasteiger partial charge in [0, 0.05) is 0 Å². The van der Waals surface area contributed by atoms with Crippen LogP contribution in [0.3, 0.4) is 0 Å². The minimum absolute atomic E-state index is 0.299. The molecule has 1 N–H and O–H groups in total. The quantitative estimate of drug-likeness (QED) is 0.839. The van der Waals surface area contributed by atoms with Gasteiger partial charge in [-0.15, -0.1) is 0 Å². The van der Waals surface area contributed by atoms with Crippen molar-refractivity contribution >= 4 is 29.6 Å². The summed E-state index contributed by atoms with van der Waals surface area (Å²) in [4.78, 5) is 28.9. The SMILES string of the molecule is CC(C)(C)OC(=O)N(C(=O)O)c1nc(Cl)cnc1C(F)(F)F. The van der Waals surface area contributed by atoms with Crippen LogP contribution in [0.5, 0.6) is 0 Å². The molecule has 1 aromatic rings. The van der Waals surface area contributed by atoms with Gasteiger partial charge in [0.2, 0.25) is 0 Å². The molecule has 0 bridgehead atoms. The number of anilines is 1. The molecule has 0 saturated carbocycles. The lowest BCUT2D eigenvalue weighted by atomic mass is 10.2. The minimum Gasteiger partial charge on any atom is -0.464 e. The van der Waals surface area contributed by atoms with Gasteiger partial charge >= 0.3 is 18.4 Å². The molecule has 0 aliphatic heterocycles. The van der Waals surface area contributed by atoms with Crippen molar-refractivity contribution in [2.45, 2.75) is 32.5 Å². The summed E-state index contributed by atoms with van der Waals surface area (Å²) in [6.45, 7) is 4.25. The Hall–Kier alpha value is -2.10. The van der Waals surface area contributed by atoms with E-state index in [0.29, 0.717) is 6.20 Å². The summed E-state index contributed by atoms with van der Waals surface area (Å²) in [6, 6.07) is 0. The summed E-state index contributed by atoms with van der Waals surface area (Å²) in [5.41, 5.74) is -2.81. The average molecular weight is 342 g/mol. The van der Waals surface area contributed by atoms with Crippen LogP contribution in [0, 0.1) is 0 Å². The van der Waals surface area contributed by atoms with Crippen molar-refractivity contribution in [3.63, 3.8) is 0 Å². The Morgan fingerprint density at radius 3 is 2.27 bits per heavy atom. The van der Waals surface area contributed by atoms with Crippen molar-refractivity contribution in [2.75, 3.05) is 4.90 Å². The Balaban J connectivity index is 3.42. The van der Waals surface area contributed by atoms with E-state index in [1.54, 1.807) is 0 Å². The number of imide groups is 1. The van der Waals surface area contributed by atoms with E-state index in [-0.39, 0.29) is 4.90 Å². The Labute approximate surface area is 127 Å². The van der Waals surface area contributed by atoms with Gasteiger partial charge in [-0.1, -0.05) is 11.6 Å². The van der Waals surface area contributed by atoms with E-state index in [0.717, 1.165) is 0 Å². The van der Waals surface area contributed by atoms with Gasteiger partial charge in [-0.05, 0) is 20.8 Å². The zero-order chi connectivity index (χ0) is 17.3. The summed E-state index contributed by atoms with van der Waals surface area (Å²) in [6.07, 6.45) is -8.02. The third-order valence-electron chi connectivity index (χ3n) is 1.97. The molecule has 7 nitrogen and oxygen atoms in total. The summed E-state index contributed by atoms with van der Waals surface area (Å²) in [5, 5.41) is 8.51. The second kappa shape index (κ2) is 5.95. The van der Waals surface area contributed by atoms with Crippen molar-refractivity contribution in [2.24, 2.45) is 0 Å². The zero-order valence-electron chi connectivity index (χ0n) is 11.6. The second-order valence-corrected chi connectivity index (χ2v) is 5.35. The number of carbonyl (C=O) groups is 2. The number of aromatic nitrogens is 2. The Morgan fingerprint density at radius 1 is 1.32 bits per heavy atom. The molecule has 0 aliphatic carbocycles. The topological polar surface area (TPSA) is 92.6 Å². The fraction of sp³-hybridized carbons (Fsp3) is 0.455. The van der Waals surface area contributed by atoms with E-state index >= 15 is 0 Å². The third-order valence-corrected chi connectivity index (χ3v) is 2.15. The first kappa shape index (κ1) is 18.0. The smallest absolute Gasteiger partial charge is 0.437 e. The van der Waals surface area contributed by atoms with Crippen molar-refractivity contribution < 1.29 is 32.6 Å². The number of carboxylic acid groups (broad SMARTS) is 1. The number of rotatable bonds is 1. The molecule has 0 radical (unpaired) electrons. The molecule has 22 heavy (non-hydrogen) atoms. The van der Waals surface area contributed by atoms with Crippen LogP contribution in [0.15, 0.2) is 6.20 Å². The number of ether oxygens (including phenoxy) is 1. The highest BCUT2D eigenvalue weighted by Crippen LogP contribution is 2.35. The normalized spacial score (nSPS) is 12.0. The van der Waals surface area contributed by atoms with E-state index < -0.39 is 40.6 Å². The fourth-order valence-corrected chi connectivity index (χ4v) is 1.41. The van der Waals surface area contributed by atoms with Gasteiger partial charge < -0.3 is 9.84 Å². The third kappa shape index (κ3) is 4.45. The summed E-state index contributed by atoms with van der Waals surface area (Å²) < 4.78 is 43.4. The first-order valence-electron chi connectivity index (χ1n) is 5.68. The summed E-state index contributed by atoms with van der Waals surface area (Å²) >= 11 is 5.44. The highest BCUT2D eigenvalue weighted by molar-refractivity contribution is 6.29. The zero-order valence-corrected chi connectivity index (χ0v) is 12.4. The Kier molecular flexibility index (Phi) is 4.86. The van der Waals surface area contributed by atoms with Crippen LogP contribution in [-0.4, -0.2) is 32.9 Å². The number of carbonyl (C=O) groups excluding carboxylic acids is 1. The molecule has 1 aromatic heterocycles. The lowest BCUT2D eigenvalue weighted by Crippen LogP contribution is -2.42. The maximum atomic E-state index is 12.9. The van der Waals surface area contributed by atoms with Crippen LogP contribution in [-0.2, 0) is 10.9 Å². The molecular formula is C11H11ClF3N3O4. The molecule has 11 heteroatoms. The molecule has 0 fully saturated rings. The minimum atomic E-state index is -5.04. The molecule has 0 spiro atoms. The number of hydrogen-bond donors (Lipinski definition) is 1. The van der Waals surface area contributed by atoms with Crippen LogP contribution in [0.25, 0.3) is 0 Å². The maximum Gasteiger partial charge on any atom is 0.437 e. The van der Waals surface area contributed by atoms with Crippen LogP contribution in [0.4, 0.5) is 28.6 Å². The molecule has 2 amide bonds. The maximum absolute atomic E-state index is 12.9. The average Bonchev–Trinajstić information content (AvgIpc) is 2.23. The van der Waals surface area contributed by atoms with Gasteiger partial charge in [0.1, 0.15) is 10.8 Å². The van der Waals surface area contributed by atoms with E-state index in [1.165, 1.54) is 20.8 Å². The molecule has 1 rings (SSSR count). The Morgan fingerprint density at radius 2 is 1.86 bits per heavy atom. The number of halogens is 4. The van der Waals surface area contributed by atoms with Gasteiger partial charge in [0.05, 0.1) is 6.20 Å². The van der Waals surface area contributed by atoms with Gasteiger partial charge in [-0.2, -0.15) is 18.1 Å². The largest absolute Gasteiger partial charge is 0.464 e.